The Labute approximate surface area is 95.6 Å². The average molecular weight is 218 g/mol. The number of nitrogens with zero attached hydrogens (tertiary/aromatic N) is 2. The van der Waals surface area contributed by atoms with Gasteiger partial charge in [0.2, 0.25) is 0 Å². The van der Waals surface area contributed by atoms with Crippen LogP contribution in [0.2, 0.25) is 0 Å². The monoisotopic (exact) mass is 218 g/mol. The Balaban J connectivity index is 2.83. The fourth-order valence-corrected chi connectivity index (χ4v) is 1.53. The highest BCUT2D eigenvalue weighted by atomic mass is 19.1. The second-order valence-electron chi connectivity index (χ2n) is 3.60. The molecule has 0 aliphatic heterocycles. The molecule has 0 bridgehead atoms. The van der Waals surface area contributed by atoms with E-state index in [2.05, 4.69) is 6.58 Å². The molecule has 3 heteroatoms. The number of rotatable bonds is 5. The highest BCUT2D eigenvalue weighted by Crippen LogP contribution is 2.21. The van der Waals surface area contributed by atoms with Crippen LogP contribution in [0.1, 0.15) is 18.4 Å². The number of anilines is 1. The molecular weight excluding hydrogens is 203 g/mol. The van der Waals surface area contributed by atoms with Crippen molar-refractivity contribution in [3.05, 3.63) is 42.2 Å². The van der Waals surface area contributed by atoms with Crippen molar-refractivity contribution in [2.75, 3.05) is 18.5 Å². The van der Waals surface area contributed by atoms with E-state index in [9.17, 15) is 4.39 Å². The van der Waals surface area contributed by atoms with Crippen LogP contribution in [-0.2, 0) is 0 Å². The lowest BCUT2D eigenvalue weighted by atomic mass is 10.1. The number of unbranched alkanes of at least 4 members (excludes halogenated alkanes) is 1. The maximum atomic E-state index is 13.3. The molecule has 0 saturated carbocycles. The van der Waals surface area contributed by atoms with Gasteiger partial charge in [-0.05, 0) is 25.0 Å². The Morgan fingerprint density at radius 3 is 2.94 bits per heavy atom. The van der Waals surface area contributed by atoms with Gasteiger partial charge in [0.25, 0.3) is 0 Å². The molecule has 0 aromatic heterocycles. The molecule has 0 radical (unpaired) electrons. The van der Waals surface area contributed by atoms with Gasteiger partial charge in [-0.15, -0.1) is 6.58 Å². The summed E-state index contributed by atoms with van der Waals surface area (Å²) in [5, 5.41) is 8.89. The van der Waals surface area contributed by atoms with Crippen LogP contribution in [0.25, 0.3) is 0 Å². The number of hydrogen-bond acceptors (Lipinski definition) is 2. The van der Waals surface area contributed by atoms with Crippen LogP contribution in [-0.4, -0.2) is 13.6 Å². The third-order valence-electron chi connectivity index (χ3n) is 2.42. The van der Waals surface area contributed by atoms with E-state index in [1.807, 2.05) is 24.1 Å². The SMILES string of the molecule is C=CCCCN(C)c1cccc(F)c1C#N. The van der Waals surface area contributed by atoms with Crippen molar-refractivity contribution >= 4 is 5.69 Å². The van der Waals surface area contributed by atoms with Gasteiger partial charge in [0, 0.05) is 13.6 Å². The number of hydrogen-bond donors (Lipinski definition) is 0. The summed E-state index contributed by atoms with van der Waals surface area (Å²) >= 11 is 0. The zero-order valence-electron chi connectivity index (χ0n) is 9.41. The zero-order chi connectivity index (χ0) is 12.0. The molecule has 0 unspecified atom stereocenters. The predicted octanol–water partition coefficient (Wildman–Crippen LogP) is 3.10. The maximum Gasteiger partial charge on any atom is 0.143 e. The highest BCUT2D eigenvalue weighted by molar-refractivity contribution is 5.59. The first-order valence-corrected chi connectivity index (χ1v) is 5.21. The first-order chi connectivity index (χ1) is 7.70. The highest BCUT2D eigenvalue weighted by Gasteiger charge is 2.10. The molecule has 2 nitrogen and oxygen atoms in total. The van der Waals surface area contributed by atoms with Gasteiger partial charge in [0.05, 0.1) is 5.69 Å². The van der Waals surface area contributed by atoms with Gasteiger partial charge in [0.1, 0.15) is 17.4 Å². The van der Waals surface area contributed by atoms with E-state index in [-0.39, 0.29) is 5.56 Å². The second kappa shape index (κ2) is 5.92. The number of halogens is 1. The molecule has 84 valence electrons. The minimum absolute atomic E-state index is 0.114. The molecule has 0 atom stereocenters. The van der Waals surface area contributed by atoms with Crippen LogP contribution >= 0.6 is 0 Å². The van der Waals surface area contributed by atoms with Gasteiger partial charge in [-0.2, -0.15) is 5.26 Å². The number of allylic oxidation sites excluding steroid dienone is 1. The fourth-order valence-electron chi connectivity index (χ4n) is 1.53. The molecule has 0 aliphatic carbocycles. The molecular formula is C13H15FN2. The average Bonchev–Trinajstić information content (AvgIpc) is 2.29. The lowest BCUT2D eigenvalue weighted by Crippen LogP contribution is -2.19. The summed E-state index contributed by atoms with van der Waals surface area (Å²) in [4.78, 5) is 1.89. The van der Waals surface area contributed by atoms with Crippen LogP contribution < -0.4 is 4.90 Å². The second-order valence-corrected chi connectivity index (χ2v) is 3.60. The maximum absolute atomic E-state index is 13.3. The smallest absolute Gasteiger partial charge is 0.143 e. The van der Waals surface area contributed by atoms with Crippen molar-refractivity contribution in [2.24, 2.45) is 0 Å². The Bertz CT molecular complexity index is 407. The first kappa shape index (κ1) is 12.3. The molecule has 0 saturated heterocycles. The van der Waals surface area contributed by atoms with Gasteiger partial charge in [-0.3, -0.25) is 0 Å². The summed E-state index contributed by atoms with van der Waals surface area (Å²) in [6.45, 7) is 4.43. The fraction of sp³-hybridized carbons (Fsp3) is 0.308. The van der Waals surface area contributed by atoms with E-state index in [0.717, 1.165) is 19.4 Å². The standard InChI is InChI=1S/C13H15FN2/c1-3-4-5-9-16(2)13-8-6-7-12(14)11(13)10-15/h3,6-8H,1,4-5,9H2,2H3. The minimum atomic E-state index is -0.462. The van der Waals surface area contributed by atoms with Gasteiger partial charge in [-0.1, -0.05) is 12.1 Å². The van der Waals surface area contributed by atoms with E-state index >= 15 is 0 Å². The van der Waals surface area contributed by atoms with Gasteiger partial charge in [-0.25, -0.2) is 4.39 Å². The van der Waals surface area contributed by atoms with Crippen molar-refractivity contribution in [1.82, 2.24) is 0 Å². The molecule has 0 aliphatic rings. The lowest BCUT2D eigenvalue weighted by molar-refractivity contribution is 0.623. The normalized spacial score (nSPS) is 9.56. The van der Waals surface area contributed by atoms with Crippen molar-refractivity contribution in [3.63, 3.8) is 0 Å². The quantitative estimate of drug-likeness (QED) is 0.561. The summed E-state index contributed by atoms with van der Waals surface area (Å²) in [5.74, 6) is -0.462. The number of nitriles is 1. The van der Waals surface area contributed by atoms with Gasteiger partial charge in [0.15, 0.2) is 0 Å². The largest absolute Gasteiger partial charge is 0.373 e. The van der Waals surface area contributed by atoms with E-state index in [1.54, 1.807) is 12.1 Å². The summed E-state index contributed by atoms with van der Waals surface area (Å²) in [7, 11) is 1.86. The minimum Gasteiger partial charge on any atom is -0.373 e. The lowest BCUT2D eigenvalue weighted by Gasteiger charge is -2.20. The predicted molar refractivity (Wildman–Crippen MR) is 63.8 cm³/mol. The van der Waals surface area contributed by atoms with Crippen molar-refractivity contribution in [2.45, 2.75) is 12.8 Å². The van der Waals surface area contributed by atoms with Crippen LogP contribution in [0.15, 0.2) is 30.9 Å². The summed E-state index contributed by atoms with van der Waals surface area (Å²) in [5.41, 5.74) is 0.759. The first-order valence-electron chi connectivity index (χ1n) is 5.21. The summed E-state index contributed by atoms with van der Waals surface area (Å²) in [6.07, 6.45) is 3.72. The topological polar surface area (TPSA) is 27.0 Å². The number of benzene rings is 1. The molecule has 0 heterocycles. The molecule has 16 heavy (non-hydrogen) atoms. The van der Waals surface area contributed by atoms with Gasteiger partial charge < -0.3 is 4.90 Å². The molecule has 0 fully saturated rings. The Morgan fingerprint density at radius 2 is 2.31 bits per heavy atom. The Hall–Kier alpha value is -1.82. The molecule has 1 aromatic rings. The van der Waals surface area contributed by atoms with E-state index in [1.165, 1.54) is 6.07 Å². The van der Waals surface area contributed by atoms with Crippen LogP contribution in [0.3, 0.4) is 0 Å². The van der Waals surface area contributed by atoms with Crippen LogP contribution in [0.5, 0.6) is 0 Å². The third kappa shape index (κ3) is 2.83. The van der Waals surface area contributed by atoms with Crippen molar-refractivity contribution in [1.29, 1.82) is 5.26 Å². The summed E-state index contributed by atoms with van der Waals surface area (Å²) < 4.78 is 13.3. The molecule has 1 aromatic carbocycles. The Morgan fingerprint density at radius 1 is 1.56 bits per heavy atom. The van der Waals surface area contributed by atoms with Crippen molar-refractivity contribution in [3.8, 4) is 6.07 Å². The van der Waals surface area contributed by atoms with Crippen molar-refractivity contribution < 1.29 is 4.39 Å². The van der Waals surface area contributed by atoms with Crippen LogP contribution in [0, 0.1) is 17.1 Å². The molecule has 1 rings (SSSR count). The zero-order valence-corrected chi connectivity index (χ0v) is 9.41. The Kier molecular flexibility index (Phi) is 4.53. The molecule has 0 N–H and O–H groups in total. The third-order valence-corrected chi connectivity index (χ3v) is 2.42. The van der Waals surface area contributed by atoms with Gasteiger partial charge >= 0.3 is 0 Å². The van der Waals surface area contributed by atoms with E-state index in [0.29, 0.717) is 5.69 Å². The van der Waals surface area contributed by atoms with E-state index < -0.39 is 5.82 Å². The van der Waals surface area contributed by atoms with Crippen LogP contribution in [0.4, 0.5) is 10.1 Å². The molecule has 0 spiro atoms. The summed E-state index contributed by atoms with van der Waals surface area (Å²) in [6, 6.07) is 6.58. The molecule has 0 amide bonds. The van der Waals surface area contributed by atoms with E-state index in [4.69, 9.17) is 5.26 Å².